The topological polar surface area (TPSA) is 52.3 Å². The fourth-order valence-electron chi connectivity index (χ4n) is 1.63. The number of carbonyl (C=O) groups excluding carboxylic acids is 1. The lowest BCUT2D eigenvalue weighted by Crippen LogP contribution is -2.12. The molecule has 0 bridgehead atoms. The van der Waals surface area contributed by atoms with E-state index >= 15 is 0 Å². The van der Waals surface area contributed by atoms with Gasteiger partial charge in [-0.15, -0.1) is 0 Å². The number of ether oxygens (including phenoxy) is 1. The van der Waals surface area contributed by atoms with Crippen LogP contribution in [0.4, 0.5) is 4.79 Å². The first kappa shape index (κ1) is 11.2. The van der Waals surface area contributed by atoms with Crippen molar-refractivity contribution in [2.24, 2.45) is 5.73 Å². The van der Waals surface area contributed by atoms with E-state index in [4.69, 9.17) is 10.5 Å². The molecule has 0 aliphatic rings. The zero-order chi connectivity index (χ0) is 12.1. The summed E-state index contributed by atoms with van der Waals surface area (Å²) >= 11 is 0. The number of carbonyl (C=O) groups is 1. The Kier molecular flexibility index (Phi) is 3.40. The van der Waals surface area contributed by atoms with Gasteiger partial charge in [-0.05, 0) is 22.8 Å². The van der Waals surface area contributed by atoms with Crippen LogP contribution in [0.15, 0.2) is 54.6 Å². The van der Waals surface area contributed by atoms with Crippen LogP contribution in [0.5, 0.6) is 0 Å². The predicted molar refractivity (Wildman–Crippen MR) is 66.3 cm³/mol. The Bertz CT molecular complexity index is 509. The molecule has 0 atom stereocenters. The normalized spacial score (nSPS) is 9.88. The quantitative estimate of drug-likeness (QED) is 0.876. The summed E-state index contributed by atoms with van der Waals surface area (Å²) in [6, 6.07) is 17.9. The fourth-order valence-corrected chi connectivity index (χ4v) is 1.63. The van der Waals surface area contributed by atoms with Crippen molar-refractivity contribution in [3.63, 3.8) is 0 Å². The molecule has 86 valence electrons. The minimum atomic E-state index is -0.755. The molecule has 0 heterocycles. The van der Waals surface area contributed by atoms with Crippen LogP contribution in [0.3, 0.4) is 0 Å². The molecule has 2 aromatic rings. The fraction of sp³-hybridized carbons (Fsp3) is 0.0714. The number of hydrogen-bond donors (Lipinski definition) is 1. The van der Waals surface area contributed by atoms with Crippen molar-refractivity contribution in [3.05, 3.63) is 60.2 Å². The number of rotatable bonds is 3. The van der Waals surface area contributed by atoms with Gasteiger partial charge in [-0.2, -0.15) is 0 Å². The molecule has 2 aromatic carbocycles. The van der Waals surface area contributed by atoms with Crippen molar-refractivity contribution >= 4 is 6.09 Å². The second-order valence-corrected chi connectivity index (χ2v) is 3.67. The highest BCUT2D eigenvalue weighted by Gasteiger charge is 2.00. The monoisotopic (exact) mass is 227 g/mol. The molecule has 3 heteroatoms. The van der Waals surface area contributed by atoms with Gasteiger partial charge in [0.1, 0.15) is 6.61 Å². The second-order valence-electron chi connectivity index (χ2n) is 3.67. The van der Waals surface area contributed by atoms with Crippen LogP contribution in [0, 0.1) is 0 Å². The lowest BCUT2D eigenvalue weighted by molar-refractivity contribution is 0.150. The highest BCUT2D eigenvalue weighted by Crippen LogP contribution is 2.20. The van der Waals surface area contributed by atoms with Crippen molar-refractivity contribution < 1.29 is 9.53 Å². The number of hydrogen-bond acceptors (Lipinski definition) is 2. The summed E-state index contributed by atoms with van der Waals surface area (Å²) in [6.45, 7) is 0.204. The summed E-state index contributed by atoms with van der Waals surface area (Å²) in [5.41, 5.74) is 8.08. The molecule has 1 amide bonds. The molecule has 0 fully saturated rings. The minimum Gasteiger partial charge on any atom is -0.445 e. The Hall–Kier alpha value is -2.29. The maximum Gasteiger partial charge on any atom is 0.404 e. The Balaban J connectivity index is 2.20. The molecule has 0 aliphatic carbocycles. The van der Waals surface area contributed by atoms with E-state index in [1.54, 1.807) is 0 Å². The van der Waals surface area contributed by atoms with E-state index in [1.807, 2.05) is 54.6 Å². The zero-order valence-electron chi connectivity index (χ0n) is 9.30. The highest BCUT2D eigenvalue weighted by molar-refractivity contribution is 5.65. The van der Waals surface area contributed by atoms with Gasteiger partial charge < -0.3 is 10.5 Å². The van der Waals surface area contributed by atoms with Crippen LogP contribution in [0.2, 0.25) is 0 Å². The van der Waals surface area contributed by atoms with Gasteiger partial charge in [-0.3, -0.25) is 0 Å². The van der Waals surface area contributed by atoms with Gasteiger partial charge in [0.15, 0.2) is 0 Å². The van der Waals surface area contributed by atoms with Crippen molar-refractivity contribution in [3.8, 4) is 11.1 Å². The SMILES string of the molecule is NC(=O)OCc1cccc(-c2ccccc2)c1. The predicted octanol–water partition coefficient (Wildman–Crippen LogP) is 2.95. The number of nitrogens with two attached hydrogens (primary N) is 1. The molecule has 0 aromatic heterocycles. The van der Waals surface area contributed by atoms with Crippen molar-refractivity contribution in [1.29, 1.82) is 0 Å². The summed E-state index contributed by atoms with van der Waals surface area (Å²) in [4.78, 5) is 10.5. The number of primary amides is 1. The number of benzene rings is 2. The molecular formula is C14H13NO2. The van der Waals surface area contributed by atoms with Crippen LogP contribution < -0.4 is 5.73 Å². The standard InChI is InChI=1S/C14H13NO2/c15-14(16)17-10-11-5-4-8-13(9-11)12-6-2-1-3-7-12/h1-9H,10H2,(H2,15,16). The van der Waals surface area contributed by atoms with Gasteiger partial charge in [0.05, 0.1) is 0 Å². The molecule has 0 spiro atoms. The molecule has 0 saturated heterocycles. The Morgan fingerprint density at radius 2 is 1.71 bits per heavy atom. The van der Waals surface area contributed by atoms with Crippen molar-refractivity contribution in [2.75, 3.05) is 0 Å². The Morgan fingerprint density at radius 1 is 1.00 bits per heavy atom. The van der Waals surface area contributed by atoms with Crippen LogP contribution in [-0.2, 0) is 11.3 Å². The van der Waals surface area contributed by atoms with E-state index in [0.717, 1.165) is 16.7 Å². The van der Waals surface area contributed by atoms with Gasteiger partial charge in [-0.1, -0.05) is 48.5 Å². The second kappa shape index (κ2) is 5.16. The lowest BCUT2D eigenvalue weighted by atomic mass is 10.0. The first-order valence-corrected chi connectivity index (χ1v) is 5.32. The molecule has 0 aliphatic heterocycles. The van der Waals surface area contributed by atoms with Crippen molar-refractivity contribution in [2.45, 2.75) is 6.61 Å². The maximum atomic E-state index is 10.5. The molecule has 2 rings (SSSR count). The third-order valence-electron chi connectivity index (χ3n) is 2.42. The van der Waals surface area contributed by atoms with Crippen molar-refractivity contribution in [1.82, 2.24) is 0 Å². The van der Waals surface area contributed by atoms with Gasteiger partial charge >= 0.3 is 6.09 Å². The minimum absolute atomic E-state index is 0.204. The van der Waals surface area contributed by atoms with Crippen LogP contribution in [0.25, 0.3) is 11.1 Å². The highest BCUT2D eigenvalue weighted by atomic mass is 16.5. The van der Waals surface area contributed by atoms with E-state index < -0.39 is 6.09 Å². The smallest absolute Gasteiger partial charge is 0.404 e. The van der Waals surface area contributed by atoms with Gasteiger partial charge in [0, 0.05) is 0 Å². The van der Waals surface area contributed by atoms with E-state index in [0.29, 0.717) is 0 Å². The first-order valence-electron chi connectivity index (χ1n) is 5.32. The number of amides is 1. The van der Waals surface area contributed by atoms with E-state index in [9.17, 15) is 4.79 Å². The zero-order valence-corrected chi connectivity index (χ0v) is 9.30. The summed E-state index contributed by atoms with van der Waals surface area (Å²) in [7, 11) is 0. The average Bonchev–Trinajstić information content (AvgIpc) is 2.38. The van der Waals surface area contributed by atoms with Gasteiger partial charge in [0.2, 0.25) is 0 Å². The van der Waals surface area contributed by atoms with E-state index in [-0.39, 0.29) is 6.61 Å². The van der Waals surface area contributed by atoms with Crippen LogP contribution in [0.1, 0.15) is 5.56 Å². The van der Waals surface area contributed by atoms with Crippen LogP contribution in [-0.4, -0.2) is 6.09 Å². The molecule has 17 heavy (non-hydrogen) atoms. The summed E-state index contributed by atoms with van der Waals surface area (Å²) < 4.78 is 4.76. The van der Waals surface area contributed by atoms with Gasteiger partial charge in [0.25, 0.3) is 0 Å². The summed E-state index contributed by atoms with van der Waals surface area (Å²) in [5.74, 6) is 0. The molecule has 2 N–H and O–H groups in total. The Labute approximate surface area is 99.8 Å². The largest absolute Gasteiger partial charge is 0.445 e. The lowest BCUT2D eigenvalue weighted by Gasteiger charge is -2.05. The molecule has 0 saturated carbocycles. The summed E-state index contributed by atoms with van der Waals surface area (Å²) in [6.07, 6.45) is -0.755. The molecular weight excluding hydrogens is 214 g/mol. The van der Waals surface area contributed by atoms with E-state index in [2.05, 4.69) is 0 Å². The maximum absolute atomic E-state index is 10.5. The van der Waals surface area contributed by atoms with Gasteiger partial charge in [-0.25, -0.2) is 4.79 Å². The molecule has 3 nitrogen and oxygen atoms in total. The molecule has 0 unspecified atom stereocenters. The molecule has 0 radical (unpaired) electrons. The Morgan fingerprint density at radius 3 is 2.41 bits per heavy atom. The average molecular weight is 227 g/mol. The first-order chi connectivity index (χ1) is 8.25. The van der Waals surface area contributed by atoms with E-state index in [1.165, 1.54) is 0 Å². The van der Waals surface area contributed by atoms with Crippen LogP contribution >= 0.6 is 0 Å². The third-order valence-corrected chi connectivity index (χ3v) is 2.42. The summed E-state index contributed by atoms with van der Waals surface area (Å²) in [5, 5.41) is 0. The third kappa shape index (κ3) is 3.08.